The average Bonchev–Trinajstić information content (AvgIpc) is 3.24. The third-order valence-corrected chi connectivity index (χ3v) is 6.64. The number of aromatic nitrogens is 3. The standard InChI is InChI=1S/C21H23N5O2S2/c1-5-26-18(11-28-16-8-6-7-13(2)9-16)24-25-21(26)29-12-19(27)23-20-17(10-22)14(3)15(4)30-20/h6-9H,5,11-12H2,1-4H3,(H,23,27). The number of nitriles is 1. The summed E-state index contributed by atoms with van der Waals surface area (Å²) in [6.45, 7) is 8.82. The molecule has 1 amide bonds. The zero-order valence-corrected chi connectivity index (χ0v) is 19.0. The Hall–Kier alpha value is -2.83. The highest BCUT2D eigenvalue weighted by Gasteiger charge is 2.17. The highest BCUT2D eigenvalue weighted by Crippen LogP contribution is 2.32. The molecule has 3 rings (SSSR count). The number of aryl methyl sites for hydroxylation is 2. The molecule has 30 heavy (non-hydrogen) atoms. The predicted molar refractivity (Wildman–Crippen MR) is 119 cm³/mol. The van der Waals surface area contributed by atoms with Gasteiger partial charge < -0.3 is 14.6 Å². The fourth-order valence-corrected chi connectivity index (χ4v) is 4.69. The van der Waals surface area contributed by atoms with E-state index in [0.717, 1.165) is 21.8 Å². The largest absolute Gasteiger partial charge is 0.486 e. The minimum absolute atomic E-state index is 0.178. The quantitative estimate of drug-likeness (QED) is 0.519. The summed E-state index contributed by atoms with van der Waals surface area (Å²) in [4.78, 5) is 13.4. The number of carbonyl (C=O) groups is 1. The van der Waals surface area contributed by atoms with Crippen LogP contribution in [0.15, 0.2) is 29.4 Å². The second-order valence-corrected chi connectivity index (χ2v) is 8.85. The van der Waals surface area contributed by atoms with Crippen molar-refractivity contribution < 1.29 is 9.53 Å². The molecule has 3 aromatic rings. The van der Waals surface area contributed by atoms with Gasteiger partial charge in [0.1, 0.15) is 23.4 Å². The summed E-state index contributed by atoms with van der Waals surface area (Å²) < 4.78 is 7.77. The van der Waals surface area contributed by atoms with Crippen LogP contribution in [0, 0.1) is 32.1 Å². The molecule has 0 saturated carbocycles. The van der Waals surface area contributed by atoms with E-state index in [1.54, 1.807) is 0 Å². The Balaban J connectivity index is 1.61. The van der Waals surface area contributed by atoms with Crippen molar-refractivity contribution in [1.82, 2.24) is 14.8 Å². The molecule has 0 fully saturated rings. The number of thiophene rings is 1. The first-order valence-electron chi connectivity index (χ1n) is 9.47. The molecule has 0 saturated heterocycles. The molecule has 0 atom stereocenters. The Kier molecular flexibility index (Phi) is 7.13. The normalized spacial score (nSPS) is 10.6. The van der Waals surface area contributed by atoms with E-state index in [1.807, 2.05) is 56.5 Å². The van der Waals surface area contributed by atoms with E-state index in [9.17, 15) is 10.1 Å². The summed E-state index contributed by atoms with van der Waals surface area (Å²) in [6, 6.07) is 10.0. The molecule has 9 heteroatoms. The molecular weight excluding hydrogens is 418 g/mol. The van der Waals surface area contributed by atoms with Crippen molar-refractivity contribution in [3.05, 3.63) is 51.7 Å². The fraction of sp³-hybridized carbons (Fsp3) is 0.333. The fourth-order valence-electron chi connectivity index (χ4n) is 2.85. The SMILES string of the molecule is CCn1c(COc2cccc(C)c2)nnc1SCC(=O)Nc1sc(C)c(C)c1C#N. The van der Waals surface area contributed by atoms with Crippen LogP contribution in [0.25, 0.3) is 0 Å². The Morgan fingerprint density at radius 1 is 1.33 bits per heavy atom. The van der Waals surface area contributed by atoms with E-state index in [-0.39, 0.29) is 11.7 Å². The van der Waals surface area contributed by atoms with Crippen LogP contribution in [0.2, 0.25) is 0 Å². The molecule has 0 aliphatic carbocycles. The average molecular weight is 442 g/mol. The number of nitrogens with one attached hydrogen (secondary N) is 1. The molecule has 1 N–H and O–H groups in total. The number of benzene rings is 1. The molecule has 0 aliphatic heterocycles. The lowest BCUT2D eigenvalue weighted by molar-refractivity contribution is -0.113. The highest BCUT2D eigenvalue weighted by atomic mass is 32.2. The summed E-state index contributed by atoms with van der Waals surface area (Å²) in [5, 5.41) is 21.9. The number of thioether (sulfide) groups is 1. The zero-order chi connectivity index (χ0) is 21.7. The van der Waals surface area contributed by atoms with Gasteiger partial charge in [0, 0.05) is 11.4 Å². The number of nitrogens with zero attached hydrogens (tertiary/aromatic N) is 4. The monoisotopic (exact) mass is 441 g/mol. The first-order valence-corrected chi connectivity index (χ1v) is 11.3. The van der Waals surface area contributed by atoms with Gasteiger partial charge in [-0.3, -0.25) is 4.79 Å². The number of hydrogen-bond acceptors (Lipinski definition) is 7. The van der Waals surface area contributed by atoms with E-state index in [4.69, 9.17) is 4.74 Å². The van der Waals surface area contributed by atoms with Crippen molar-refractivity contribution in [2.75, 3.05) is 11.1 Å². The Bertz CT molecular complexity index is 1100. The first-order chi connectivity index (χ1) is 14.4. The van der Waals surface area contributed by atoms with Crippen LogP contribution in [-0.2, 0) is 17.9 Å². The van der Waals surface area contributed by atoms with Gasteiger partial charge >= 0.3 is 0 Å². The first kappa shape index (κ1) is 21.9. The van der Waals surface area contributed by atoms with Crippen LogP contribution in [0.1, 0.15) is 34.3 Å². The van der Waals surface area contributed by atoms with Crippen LogP contribution in [0.5, 0.6) is 5.75 Å². The van der Waals surface area contributed by atoms with E-state index in [2.05, 4.69) is 21.6 Å². The Morgan fingerprint density at radius 3 is 2.83 bits per heavy atom. The smallest absolute Gasteiger partial charge is 0.235 e. The van der Waals surface area contributed by atoms with Crippen molar-refractivity contribution in [2.24, 2.45) is 0 Å². The molecule has 2 heterocycles. The number of rotatable bonds is 8. The van der Waals surface area contributed by atoms with Gasteiger partial charge in [-0.15, -0.1) is 21.5 Å². The lowest BCUT2D eigenvalue weighted by atomic mass is 10.2. The van der Waals surface area contributed by atoms with Crippen LogP contribution in [0.4, 0.5) is 5.00 Å². The van der Waals surface area contributed by atoms with Crippen molar-refractivity contribution in [3.63, 3.8) is 0 Å². The lowest BCUT2D eigenvalue weighted by Gasteiger charge is -2.09. The van der Waals surface area contributed by atoms with E-state index < -0.39 is 0 Å². The van der Waals surface area contributed by atoms with Gasteiger partial charge in [0.2, 0.25) is 5.91 Å². The van der Waals surface area contributed by atoms with Gasteiger partial charge in [0.15, 0.2) is 11.0 Å². The summed E-state index contributed by atoms with van der Waals surface area (Å²) in [6.07, 6.45) is 0. The molecule has 0 unspecified atom stereocenters. The van der Waals surface area contributed by atoms with E-state index in [1.165, 1.54) is 23.1 Å². The van der Waals surface area contributed by atoms with Gasteiger partial charge in [-0.25, -0.2) is 0 Å². The summed E-state index contributed by atoms with van der Waals surface area (Å²) in [5.74, 6) is 1.49. The molecule has 0 spiro atoms. The van der Waals surface area contributed by atoms with Crippen LogP contribution in [-0.4, -0.2) is 26.4 Å². The van der Waals surface area contributed by atoms with Gasteiger partial charge in [-0.05, 0) is 51.0 Å². The van der Waals surface area contributed by atoms with Crippen LogP contribution >= 0.6 is 23.1 Å². The summed E-state index contributed by atoms with van der Waals surface area (Å²) in [5.41, 5.74) is 2.57. The lowest BCUT2D eigenvalue weighted by Crippen LogP contribution is -2.15. The molecule has 1 aromatic carbocycles. The molecule has 7 nitrogen and oxygen atoms in total. The van der Waals surface area contributed by atoms with Crippen molar-refractivity contribution in [1.29, 1.82) is 5.26 Å². The molecule has 0 aliphatic rings. The number of anilines is 1. The third kappa shape index (κ3) is 5.01. The highest BCUT2D eigenvalue weighted by molar-refractivity contribution is 7.99. The van der Waals surface area contributed by atoms with Crippen molar-refractivity contribution in [3.8, 4) is 11.8 Å². The van der Waals surface area contributed by atoms with Gasteiger partial charge in [0.25, 0.3) is 0 Å². The number of ether oxygens (including phenoxy) is 1. The predicted octanol–water partition coefficient (Wildman–Crippen LogP) is 4.47. The van der Waals surface area contributed by atoms with Crippen molar-refractivity contribution in [2.45, 2.75) is 46.0 Å². The van der Waals surface area contributed by atoms with Crippen LogP contribution in [0.3, 0.4) is 0 Å². The zero-order valence-electron chi connectivity index (χ0n) is 17.4. The Morgan fingerprint density at radius 2 is 2.13 bits per heavy atom. The van der Waals surface area contributed by atoms with Crippen molar-refractivity contribution >= 4 is 34.0 Å². The summed E-state index contributed by atoms with van der Waals surface area (Å²) >= 11 is 2.73. The number of amides is 1. The van der Waals surface area contributed by atoms with E-state index in [0.29, 0.717) is 34.7 Å². The minimum Gasteiger partial charge on any atom is -0.486 e. The molecule has 0 bridgehead atoms. The Labute approximate surface area is 184 Å². The van der Waals surface area contributed by atoms with Gasteiger partial charge in [-0.2, -0.15) is 5.26 Å². The van der Waals surface area contributed by atoms with E-state index >= 15 is 0 Å². The maximum atomic E-state index is 12.4. The second-order valence-electron chi connectivity index (χ2n) is 6.68. The third-order valence-electron chi connectivity index (χ3n) is 4.55. The number of hydrogen-bond donors (Lipinski definition) is 1. The molecule has 156 valence electrons. The minimum atomic E-state index is -0.180. The molecule has 0 radical (unpaired) electrons. The van der Waals surface area contributed by atoms with Gasteiger partial charge in [-0.1, -0.05) is 23.9 Å². The maximum absolute atomic E-state index is 12.4. The molecule has 2 aromatic heterocycles. The van der Waals surface area contributed by atoms with Gasteiger partial charge in [0.05, 0.1) is 11.3 Å². The maximum Gasteiger partial charge on any atom is 0.235 e. The second kappa shape index (κ2) is 9.78. The van der Waals surface area contributed by atoms with Crippen LogP contribution < -0.4 is 10.1 Å². The number of carbonyl (C=O) groups excluding carboxylic acids is 1. The topological polar surface area (TPSA) is 92.8 Å². The summed E-state index contributed by atoms with van der Waals surface area (Å²) in [7, 11) is 0. The molecular formula is C21H23N5O2S2.